The minimum Gasteiger partial charge on any atom is -0.397 e. The number of para-hydroxylation sites is 1. The predicted molar refractivity (Wildman–Crippen MR) is 83.0 cm³/mol. The Morgan fingerprint density at radius 2 is 2.10 bits per heavy atom. The average molecular weight is 288 g/mol. The maximum atomic E-state index is 12.5. The van der Waals surface area contributed by atoms with Crippen LogP contribution in [-0.2, 0) is 4.79 Å². The summed E-state index contributed by atoms with van der Waals surface area (Å²) in [5, 5.41) is 3.57. The monoisotopic (exact) mass is 288 g/mol. The molecule has 1 heterocycles. The van der Waals surface area contributed by atoms with E-state index >= 15 is 0 Å². The van der Waals surface area contributed by atoms with Gasteiger partial charge in [-0.25, -0.2) is 0 Å². The number of hydrogen-bond acceptors (Lipinski definition) is 3. The summed E-state index contributed by atoms with van der Waals surface area (Å²) in [6, 6.07) is 7.26. The van der Waals surface area contributed by atoms with Crippen molar-refractivity contribution in [3.63, 3.8) is 0 Å². The summed E-state index contributed by atoms with van der Waals surface area (Å²) in [6.07, 6.45) is 0. The number of nitrogen functional groups attached to an aromatic ring is 1. The summed E-state index contributed by atoms with van der Waals surface area (Å²) < 4.78 is 0. The van der Waals surface area contributed by atoms with Crippen LogP contribution in [0.1, 0.15) is 24.3 Å². The zero-order valence-corrected chi connectivity index (χ0v) is 12.3. The van der Waals surface area contributed by atoms with E-state index in [0.29, 0.717) is 24.5 Å². The highest BCUT2D eigenvalue weighted by Gasteiger charge is 2.19. The van der Waals surface area contributed by atoms with Crippen molar-refractivity contribution < 1.29 is 9.59 Å². The molecule has 0 bridgehead atoms. The van der Waals surface area contributed by atoms with Crippen molar-refractivity contribution in [1.82, 2.24) is 15.2 Å². The van der Waals surface area contributed by atoms with E-state index in [0.717, 1.165) is 10.9 Å². The number of H-pyrrole nitrogens is 1. The van der Waals surface area contributed by atoms with Gasteiger partial charge in [0.15, 0.2) is 0 Å². The van der Waals surface area contributed by atoms with Crippen LogP contribution in [0.25, 0.3) is 10.9 Å². The van der Waals surface area contributed by atoms with E-state index in [9.17, 15) is 9.59 Å². The number of carbonyl (C=O) groups excluding carboxylic acids is 2. The third-order valence-electron chi connectivity index (χ3n) is 3.30. The topological polar surface area (TPSA) is 91.2 Å². The van der Waals surface area contributed by atoms with E-state index in [1.54, 1.807) is 12.1 Å². The summed E-state index contributed by atoms with van der Waals surface area (Å²) >= 11 is 0. The zero-order chi connectivity index (χ0) is 15.4. The highest BCUT2D eigenvalue weighted by atomic mass is 16.2. The number of amides is 2. The molecule has 2 rings (SSSR count). The molecule has 0 spiro atoms. The lowest BCUT2D eigenvalue weighted by Gasteiger charge is -2.19. The summed E-state index contributed by atoms with van der Waals surface area (Å²) in [5.41, 5.74) is 7.66. The molecule has 1 aromatic carbocycles. The van der Waals surface area contributed by atoms with Crippen LogP contribution in [0.3, 0.4) is 0 Å². The van der Waals surface area contributed by atoms with Gasteiger partial charge < -0.3 is 20.9 Å². The molecule has 0 aliphatic rings. The molecule has 112 valence electrons. The molecule has 21 heavy (non-hydrogen) atoms. The fourth-order valence-electron chi connectivity index (χ4n) is 2.22. The van der Waals surface area contributed by atoms with Crippen LogP contribution in [-0.4, -0.2) is 41.3 Å². The molecule has 0 saturated carbocycles. The first kappa shape index (κ1) is 14.9. The Balaban J connectivity index is 2.23. The number of benzene rings is 1. The summed E-state index contributed by atoms with van der Waals surface area (Å²) in [4.78, 5) is 28.6. The van der Waals surface area contributed by atoms with Crippen molar-refractivity contribution in [3.8, 4) is 0 Å². The van der Waals surface area contributed by atoms with Crippen molar-refractivity contribution in [2.24, 2.45) is 0 Å². The minimum atomic E-state index is -0.209. The van der Waals surface area contributed by atoms with Crippen LogP contribution in [0.4, 0.5) is 5.69 Å². The van der Waals surface area contributed by atoms with Gasteiger partial charge in [0, 0.05) is 18.5 Å². The standard InChI is InChI=1S/C15H20N4O2/c1-3-17-13(20)9-19(4-2)15(21)12-8-10-6-5-7-11(16)14(10)18-12/h5-8,18H,3-4,9,16H2,1-2H3,(H,17,20). The molecule has 1 aromatic heterocycles. The molecule has 6 nitrogen and oxygen atoms in total. The van der Waals surface area contributed by atoms with Crippen molar-refractivity contribution >= 4 is 28.4 Å². The molecule has 0 fully saturated rings. The van der Waals surface area contributed by atoms with Gasteiger partial charge in [0.05, 0.1) is 17.7 Å². The van der Waals surface area contributed by atoms with Crippen molar-refractivity contribution in [1.29, 1.82) is 0 Å². The smallest absolute Gasteiger partial charge is 0.270 e. The summed E-state index contributed by atoms with van der Waals surface area (Å²) in [7, 11) is 0. The summed E-state index contributed by atoms with van der Waals surface area (Å²) in [5.74, 6) is -0.373. The van der Waals surface area contributed by atoms with Gasteiger partial charge in [0.2, 0.25) is 5.91 Å². The zero-order valence-electron chi connectivity index (χ0n) is 12.3. The Bertz CT molecular complexity index is 663. The number of aromatic amines is 1. The highest BCUT2D eigenvalue weighted by Crippen LogP contribution is 2.21. The maximum absolute atomic E-state index is 12.5. The van der Waals surface area contributed by atoms with Crippen LogP contribution >= 0.6 is 0 Å². The lowest BCUT2D eigenvalue weighted by atomic mass is 10.2. The van der Waals surface area contributed by atoms with E-state index in [1.165, 1.54) is 4.90 Å². The minimum absolute atomic E-state index is 0.0496. The normalized spacial score (nSPS) is 10.6. The number of anilines is 1. The molecule has 0 unspecified atom stereocenters. The average Bonchev–Trinajstić information content (AvgIpc) is 2.90. The van der Waals surface area contributed by atoms with Crippen molar-refractivity contribution in [2.75, 3.05) is 25.4 Å². The van der Waals surface area contributed by atoms with Gasteiger partial charge >= 0.3 is 0 Å². The number of nitrogens with one attached hydrogen (secondary N) is 2. The number of hydrogen-bond donors (Lipinski definition) is 3. The quantitative estimate of drug-likeness (QED) is 0.725. The fraction of sp³-hybridized carbons (Fsp3) is 0.333. The van der Waals surface area contributed by atoms with E-state index in [-0.39, 0.29) is 18.4 Å². The second kappa shape index (κ2) is 6.30. The molecule has 0 atom stereocenters. The van der Waals surface area contributed by atoms with Gasteiger partial charge in [-0.15, -0.1) is 0 Å². The van der Waals surface area contributed by atoms with Crippen LogP contribution in [0.15, 0.2) is 24.3 Å². The number of carbonyl (C=O) groups is 2. The Hall–Kier alpha value is -2.50. The van der Waals surface area contributed by atoms with E-state index < -0.39 is 0 Å². The van der Waals surface area contributed by atoms with Gasteiger partial charge in [0.25, 0.3) is 5.91 Å². The number of rotatable bonds is 5. The first-order valence-corrected chi connectivity index (χ1v) is 7.00. The molecule has 0 aliphatic heterocycles. The fourth-order valence-corrected chi connectivity index (χ4v) is 2.22. The van der Waals surface area contributed by atoms with Crippen LogP contribution in [0.2, 0.25) is 0 Å². The second-order valence-corrected chi connectivity index (χ2v) is 4.77. The van der Waals surface area contributed by atoms with Gasteiger partial charge in [-0.1, -0.05) is 12.1 Å². The third-order valence-corrected chi connectivity index (χ3v) is 3.30. The highest BCUT2D eigenvalue weighted by molar-refractivity contribution is 6.01. The molecular formula is C15H20N4O2. The number of aromatic nitrogens is 1. The van der Waals surface area contributed by atoms with Gasteiger partial charge in [0.1, 0.15) is 5.69 Å². The molecule has 0 saturated heterocycles. The lowest BCUT2D eigenvalue weighted by Crippen LogP contribution is -2.40. The van der Waals surface area contributed by atoms with Gasteiger partial charge in [-0.3, -0.25) is 9.59 Å². The molecule has 2 amide bonds. The molecule has 0 radical (unpaired) electrons. The Labute approximate surface area is 123 Å². The molecular weight excluding hydrogens is 268 g/mol. The Kier molecular flexibility index (Phi) is 4.47. The molecule has 4 N–H and O–H groups in total. The molecule has 6 heteroatoms. The molecule has 2 aromatic rings. The number of fused-ring (bicyclic) bond motifs is 1. The van der Waals surface area contributed by atoms with E-state index in [4.69, 9.17) is 5.73 Å². The Morgan fingerprint density at radius 3 is 2.71 bits per heavy atom. The van der Waals surface area contributed by atoms with Crippen LogP contribution < -0.4 is 11.1 Å². The molecule has 0 aliphatic carbocycles. The number of nitrogens with zero attached hydrogens (tertiary/aromatic N) is 1. The third kappa shape index (κ3) is 3.16. The largest absolute Gasteiger partial charge is 0.397 e. The lowest BCUT2D eigenvalue weighted by molar-refractivity contribution is -0.121. The van der Waals surface area contributed by atoms with Crippen molar-refractivity contribution in [3.05, 3.63) is 30.0 Å². The number of likely N-dealkylation sites (N-methyl/N-ethyl adjacent to an activating group) is 2. The predicted octanol–water partition coefficient (Wildman–Crippen LogP) is 1.35. The number of nitrogens with two attached hydrogens (primary N) is 1. The first-order valence-electron chi connectivity index (χ1n) is 7.00. The second-order valence-electron chi connectivity index (χ2n) is 4.77. The van der Waals surface area contributed by atoms with E-state index in [2.05, 4.69) is 10.3 Å². The first-order chi connectivity index (χ1) is 10.1. The van der Waals surface area contributed by atoms with Crippen molar-refractivity contribution in [2.45, 2.75) is 13.8 Å². The van der Waals surface area contributed by atoms with Crippen LogP contribution in [0, 0.1) is 0 Å². The van der Waals surface area contributed by atoms with Crippen LogP contribution in [0.5, 0.6) is 0 Å². The summed E-state index contributed by atoms with van der Waals surface area (Å²) in [6.45, 7) is 4.74. The van der Waals surface area contributed by atoms with E-state index in [1.807, 2.05) is 26.0 Å². The SMILES string of the molecule is CCNC(=O)CN(CC)C(=O)c1cc2cccc(N)c2[nH]1. The Morgan fingerprint density at radius 1 is 1.33 bits per heavy atom. The van der Waals surface area contributed by atoms with Gasteiger partial charge in [-0.2, -0.15) is 0 Å². The maximum Gasteiger partial charge on any atom is 0.270 e. The van der Waals surface area contributed by atoms with Gasteiger partial charge in [-0.05, 0) is 26.0 Å².